The lowest BCUT2D eigenvalue weighted by Crippen LogP contribution is -2.43. The third-order valence-corrected chi connectivity index (χ3v) is 3.74. The van der Waals surface area contributed by atoms with Gasteiger partial charge in [-0.25, -0.2) is 4.39 Å². The van der Waals surface area contributed by atoms with E-state index in [1.54, 1.807) is 18.2 Å². The number of ether oxygens (including phenoxy) is 1. The molecule has 5 heteroatoms. The normalized spacial score (nSPS) is 17.7. The molecule has 1 amide bonds. The van der Waals surface area contributed by atoms with Gasteiger partial charge in [-0.2, -0.15) is 0 Å². The van der Waals surface area contributed by atoms with Crippen molar-refractivity contribution in [3.8, 4) is 0 Å². The molecule has 4 nitrogen and oxygen atoms in total. The van der Waals surface area contributed by atoms with Crippen molar-refractivity contribution in [2.24, 2.45) is 0 Å². The third-order valence-electron chi connectivity index (χ3n) is 3.74. The van der Waals surface area contributed by atoms with Crippen molar-refractivity contribution < 1.29 is 13.9 Å². The number of morpholine rings is 1. The molecule has 0 spiro atoms. The molecule has 2 rings (SSSR count). The minimum atomic E-state index is -0.264. The van der Waals surface area contributed by atoms with Crippen LogP contribution in [0.3, 0.4) is 0 Å². The molecule has 1 fully saturated rings. The molecule has 1 heterocycles. The van der Waals surface area contributed by atoms with Crippen LogP contribution in [0.4, 0.5) is 4.39 Å². The number of nitrogens with one attached hydrogen (secondary N) is 1. The Balaban J connectivity index is 2.05. The molecule has 0 saturated carbocycles. The molecule has 23 heavy (non-hydrogen) atoms. The molecule has 0 bridgehead atoms. The second-order valence-corrected chi connectivity index (χ2v) is 5.35. The predicted octanol–water partition coefficient (Wildman–Crippen LogP) is 2.45. The SMILES string of the molecule is C/C=C/C=C/C(=O)NCC(c1cccc(F)c1)N1CCOCC1. The zero-order valence-corrected chi connectivity index (χ0v) is 13.4. The van der Waals surface area contributed by atoms with Crippen LogP contribution < -0.4 is 5.32 Å². The number of halogens is 1. The number of hydrogen-bond donors (Lipinski definition) is 1. The number of allylic oxidation sites excluding steroid dienone is 3. The van der Waals surface area contributed by atoms with Gasteiger partial charge in [0.05, 0.1) is 19.3 Å². The smallest absolute Gasteiger partial charge is 0.244 e. The van der Waals surface area contributed by atoms with Crippen molar-refractivity contribution in [1.82, 2.24) is 10.2 Å². The van der Waals surface area contributed by atoms with E-state index in [1.807, 2.05) is 19.1 Å². The van der Waals surface area contributed by atoms with Crippen LogP contribution in [0.25, 0.3) is 0 Å². The summed E-state index contributed by atoms with van der Waals surface area (Å²) in [5.74, 6) is -0.419. The Bertz CT molecular complexity index is 566. The van der Waals surface area contributed by atoms with E-state index in [9.17, 15) is 9.18 Å². The zero-order chi connectivity index (χ0) is 16.5. The summed E-state index contributed by atoms with van der Waals surface area (Å²) >= 11 is 0. The minimum Gasteiger partial charge on any atom is -0.379 e. The molecule has 124 valence electrons. The van der Waals surface area contributed by atoms with Crippen LogP contribution >= 0.6 is 0 Å². The van der Waals surface area contributed by atoms with Gasteiger partial charge in [-0.1, -0.05) is 30.4 Å². The maximum absolute atomic E-state index is 13.5. The van der Waals surface area contributed by atoms with Gasteiger partial charge in [0.25, 0.3) is 0 Å². The Morgan fingerprint density at radius 3 is 2.87 bits per heavy atom. The average molecular weight is 318 g/mol. The lowest BCUT2D eigenvalue weighted by Gasteiger charge is -2.34. The number of amides is 1. The van der Waals surface area contributed by atoms with E-state index in [0.29, 0.717) is 19.8 Å². The van der Waals surface area contributed by atoms with E-state index in [4.69, 9.17) is 4.74 Å². The first-order chi connectivity index (χ1) is 11.2. The van der Waals surface area contributed by atoms with Gasteiger partial charge in [-0.15, -0.1) is 0 Å². The van der Waals surface area contributed by atoms with E-state index >= 15 is 0 Å². The summed E-state index contributed by atoms with van der Waals surface area (Å²) < 4.78 is 18.9. The summed E-state index contributed by atoms with van der Waals surface area (Å²) in [4.78, 5) is 14.1. The van der Waals surface area contributed by atoms with E-state index in [1.165, 1.54) is 18.2 Å². The lowest BCUT2D eigenvalue weighted by atomic mass is 10.0. The highest BCUT2D eigenvalue weighted by atomic mass is 19.1. The van der Waals surface area contributed by atoms with Crippen molar-refractivity contribution in [2.45, 2.75) is 13.0 Å². The number of carbonyl (C=O) groups excluding carboxylic acids is 1. The van der Waals surface area contributed by atoms with Crippen molar-refractivity contribution in [3.63, 3.8) is 0 Å². The summed E-state index contributed by atoms with van der Waals surface area (Å²) in [5, 5.41) is 2.89. The first kappa shape index (κ1) is 17.4. The van der Waals surface area contributed by atoms with E-state index in [2.05, 4.69) is 10.2 Å². The van der Waals surface area contributed by atoms with Crippen LogP contribution in [0.5, 0.6) is 0 Å². The van der Waals surface area contributed by atoms with Crippen molar-refractivity contribution in [2.75, 3.05) is 32.8 Å². The van der Waals surface area contributed by atoms with Gasteiger partial charge in [-0.3, -0.25) is 9.69 Å². The van der Waals surface area contributed by atoms with Crippen LogP contribution in [0, 0.1) is 5.82 Å². The van der Waals surface area contributed by atoms with Gasteiger partial charge in [0.2, 0.25) is 5.91 Å². The van der Waals surface area contributed by atoms with Crippen LogP contribution in [-0.4, -0.2) is 43.7 Å². The van der Waals surface area contributed by atoms with Gasteiger partial charge in [0, 0.05) is 25.7 Å². The molecule has 1 aromatic rings. The van der Waals surface area contributed by atoms with Gasteiger partial charge in [0.15, 0.2) is 0 Å². The summed E-state index contributed by atoms with van der Waals surface area (Å²) in [7, 11) is 0. The van der Waals surface area contributed by atoms with Crippen LogP contribution in [0.15, 0.2) is 48.6 Å². The predicted molar refractivity (Wildman–Crippen MR) is 88.5 cm³/mol. The summed E-state index contributed by atoms with van der Waals surface area (Å²) in [5.41, 5.74) is 0.865. The molecule has 0 aromatic heterocycles. The molecule has 1 aliphatic rings. The molecule has 1 saturated heterocycles. The Hall–Kier alpha value is -1.98. The fourth-order valence-electron chi connectivity index (χ4n) is 2.57. The molecule has 1 atom stereocenters. The molecule has 1 aliphatic heterocycles. The van der Waals surface area contributed by atoms with Crippen LogP contribution in [0.1, 0.15) is 18.5 Å². The lowest BCUT2D eigenvalue weighted by molar-refractivity contribution is -0.116. The monoisotopic (exact) mass is 318 g/mol. The number of benzene rings is 1. The van der Waals surface area contributed by atoms with Gasteiger partial charge >= 0.3 is 0 Å². The van der Waals surface area contributed by atoms with Crippen molar-refractivity contribution in [3.05, 3.63) is 60.0 Å². The number of carbonyl (C=O) groups is 1. The maximum atomic E-state index is 13.5. The number of rotatable bonds is 6. The van der Waals surface area contributed by atoms with Crippen molar-refractivity contribution >= 4 is 5.91 Å². The molecule has 0 aliphatic carbocycles. The number of hydrogen-bond acceptors (Lipinski definition) is 3. The second kappa shape index (κ2) is 9.22. The third kappa shape index (κ3) is 5.62. The maximum Gasteiger partial charge on any atom is 0.244 e. The molecule has 1 aromatic carbocycles. The highest BCUT2D eigenvalue weighted by molar-refractivity contribution is 5.87. The zero-order valence-electron chi connectivity index (χ0n) is 13.4. The fraction of sp³-hybridized carbons (Fsp3) is 0.389. The van der Waals surface area contributed by atoms with E-state index in [-0.39, 0.29) is 17.8 Å². The highest BCUT2D eigenvalue weighted by Crippen LogP contribution is 2.22. The highest BCUT2D eigenvalue weighted by Gasteiger charge is 2.23. The Morgan fingerprint density at radius 1 is 1.39 bits per heavy atom. The summed E-state index contributed by atoms with van der Waals surface area (Å²) in [6.45, 7) is 5.17. The Kier molecular flexibility index (Phi) is 6.97. The molecule has 0 radical (unpaired) electrons. The Labute approximate surface area is 136 Å². The van der Waals surface area contributed by atoms with Gasteiger partial charge in [0.1, 0.15) is 5.82 Å². The summed E-state index contributed by atoms with van der Waals surface area (Å²) in [6.07, 6.45) is 6.84. The molecule has 1 unspecified atom stereocenters. The van der Waals surface area contributed by atoms with Crippen LogP contribution in [-0.2, 0) is 9.53 Å². The van der Waals surface area contributed by atoms with Crippen molar-refractivity contribution in [1.29, 1.82) is 0 Å². The molecule has 1 N–H and O–H groups in total. The Morgan fingerprint density at radius 2 is 2.17 bits per heavy atom. The van der Waals surface area contributed by atoms with Gasteiger partial charge < -0.3 is 10.1 Å². The fourth-order valence-corrected chi connectivity index (χ4v) is 2.57. The first-order valence-electron chi connectivity index (χ1n) is 7.85. The average Bonchev–Trinajstić information content (AvgIpc) is 2.56. The largest absolute Gasteiger partial charge is 0.379 e. The number of nitrogens with zero attached hydrogens (tertiary/aromatic N) is 1. The summed E-state index contributed by atoms with van der Waals surface area (Å²) in [6, 6.07) is 6.49. The first-order valence-corrected chi connectivity index (χ1v) is 7.85. The molecular weight excluding hydrogens is 295 g/mol. The topological polar surface area (TPSA) is 41.6 Å². The quantitative estimate of drug-likeness (QED) is 0.647. The van der Waals surface area contributed by atoms with Crippen LogP contribution in [0.2, 0.25) is 0 Å². The molecular formula is C18H23FN2O2. The minimum absolute atomic E-state index is 0.0614. The second-order valence-electron chi connectivity index (χ2n) is 5.35. The van der Waals surface area contributed by atoms with E-state index in [0.717, 1.165) is 18.7 Å². The standard InChI is InChI=1S/C18H23FN2O2/c1-2-3-4-8-18(22)20-14-17(21-9-11-23-12-10-21)15-6-5-7-16(19)13-15/h2-8,13,17H,9-12,14H2,1H3,(H,20,22)/b3-2+,8-4+. The van der Waals surface area contributed by atoms with E-state index < -0.39 is 0 Å². The van der Waals surface area contributed by atoms with Gasteiger partial charge in [-0.05, 0) is 24.6 Å².